The van der Waals surface area contributed by atoms with E-state index in [-0.39, 0.29) is 0 Å². The summed E-state index contributed by atoms with van der Waals surface area (Å²) in [5.74, 6) is 2.58. The molecule has 2 fully saturated rings. The van der Waals surface area contributed by atoms with Gasteiger partial charge in [-0.05, 0) is 74.2 Å². The summed E-state index contributed by atoms with van der Waals surface area (Å²) in [5.41, 5.74) is 1.76. The number of ether oxygens (including phenoxy) is 2. The molecule has 0 atom stereocenters. The van der Waals surface area contributed by atoms with E-state index >= 15 is 0 Å². The quantitative estimate of drug-likeness (QED) is 0.453. The third kappa shape index (κ3) is 6.61. The van der Waals surface area contributed by atoms with E-state index in [0.29, 0.717) is 11.3 Å². The fraction of sp³-hybridized carbons (Fsp3) is 0.708. The van der Waals surface area contributed by atoms with Crippen LogP contribution in [0.3, 0.4) is 0 Å². The molecule has 0 unspecified atom stereocenters. The molecule has 0 radical (unpaired) electrons. The van der Waals surface area contributed by atoms with E-state index in [0.717, 1.165) is 57.5 Å². The Hall–Kier alpha value is -1.79. The Balaban J connectivity index is 1.34. The molecule has 3 rings (SSSR count). The predicted molar refractivity (Wildman–Crippen MR) is 123 cm³/mol. The van der Waals surface area contributed by atoms with Crippen LogP contribution < -0.4 is 15.4 Å². The van der Waals surface area contributed by atoms with Crippen molar-refractivity contribution in [2.45, 2.75) is 45.1 Å². The van der Waals surface area contributed by atoms with Gasteiger partial charge in [-0.2, -0.15) is 0 Å². The van der Waals surface area contributed by atoms with E-state index in [1.807, 2.05) is 19.2 Å². The largest absolute Gasteiger partial charge is 0.497 e. The van der Waals surface area contributed by atoms with Crippen LogP contribution in [-0.2, 0) is 11.3 Å². The summed E-state index contributed by atoms with van der Waals surface area (Å²) in [4.78, 5) is 7.00. The Morgan fingerprint density at radius 1 is 1.13 bits per heavy atom. The highest BCUT2D eigenvalue weighted by atomic mass is 16.5. The van der Waals surface area contributed by atoms with Crippen LogP contribution in [-0.4, -0.2) is 64.9 Å². The molecule has 2 aliphatic rings. The average molecular weight is 417 g/mol. The number of likely N-dealkylation sites (tertiary alicyclic amines) is 1. The van der Waals surface area contributed by atoms with Gasteiger partial charge < -0.3 is 20.1 Å². The number of rotatable bonds is 10. The van der Waals surface area contributed by atoms with Crippen molar-refractivity contribution >= 4 is 5.96 Å². The van der Waals surface area contributed by atoms with Gasteiger partial charge in [0.1, 0.15) is 5.75 Å². The highest BCUT2D eigenvalue weighted by Crippen LogP contribution is 2.43. The lowest BCUT2D eigenvalue weighted by molar-refractivity contribution is 0.0732. The van der Waals surface area contributed by atoms with Crippen molar-refractivity contribution in [2.75, 3.05) is 54.1 Å². The van der Waals surface area contributed by atoms with Crippen molar-refractivity contribution in [3.05, 3.63) is 29.8 Å². The highest BCUT2D eigenvalue weighted by Gasteiger charge is 2.36. The molecule has 1 heterocycles. The molecule has 1 saturated heterocycles. The summed E-state index contributed by atoms with van der Waals surface area (Å²) in [6.07, 6.45) is 7.54. The number of methoxy groups -OCH3 is 2. The van der Waals surface area contributed by atoms with Crippen molar-refractivity contribution in [3.8, 4) is 5.75 Å². The zero-order chi connectivity index (χ0) is 21.2. The molecule has 30 heavy (non-hydrogen) atoms. The summed E-state index contributed by atoms with van der Waals surface area (Å²) in [5, 5.41) is 7.14. The Morgan fingerprint density at radius 3 is 2.43 bits per heavy atom. The smallest absolute Gasteiger partial charge is 0.191 e. The second-order valence-electron chi connectivity index (χ2n) is 8.97. The minimum Gasteiger partial charge on any atom is -0.497 e. The van der Waals surface area contributed by atoms with E-state index in [4.69, 9.17) is 9.47 Å². The zero-order valence-corrected chi connectivity index (χ0v) is 19.1. The number of nitrogens with zero attached hydrogens (tertiary/aromatic N) is 2. The summed E-state index contributed by atoms with van der Waals surface area (Å²) in [7, 11) is 5.38. The first-order valence-electron chi connectivity index (χ1n) is 11.4. The van der Waals surface area contributed by atoms with Gasteiger partial charge in [-0.25, -0.2) is 0 Å². The molecule has 0 bridgehead atoms. The van der Waals surface area contributed by atoms with E-state index < -0.39 is 0 Å². The summed E-state index contributed by atoms with van der Waals surface area (Å²) < 4.78 is 10.6. The van der Waals surface area contributed by atoms with Gasteiger partial charge in [0.25, 0.3) is 0 Å². The molecule has 2 N–H and O–H groups in total. The first-order chi connectivity index (χ1) is 14.7. The minimum absolute atomic E-state index is 0.403. The maximum Gasteiger partial charge on any atom is 0.191 e. The maximum absolute atomic E-state index is 5.31. The van der Waals surface area contributed by atoms with E-state index in [9.17, 15) is 0 Å². The third-order valence-electron chi connectivity index (χ3n) is 6.94. The van der Waals surface area contributed by atoms with Crippen LogP contribution in [0.2, 0.25) is 0 Å². The van der Waals surface area contributed by atoms with Crippen molar-refractivity contribution in [1.29, 1.82) is 0 Å². The Kier molecular flexibility index (Phi) is 8.82. The molecule has 1 aliphatic heterocycles. The van der Waals surface area contributed by atoms with Gasteiger partial charge in [0.05, 0.1) is 7.11 Å². The Morgan fingerprint density at radius 2 is 1.87 bits per heavy atom. The first-order valence-corrected chi connectivity index (χ1v) is 11.4. The molecular weight excluding hydrogens is 376 g/mol. The number of guanidine groups is 1. The molecule has 0 spiro atoms. The molecule has 0 aromatic heterocycles. The minimum atomic E-state index is 0.403. The van der Waals surface area contributed by atoms with Crippen molar-refractivity contribution in [3.63, 3.8) is 0 Å². The predicted octanol–water partition coefficient (Wildman–Crippen LogP) is 3.28. The Labute approximate surface area is 182 Å². The van der Waals surface area contributed by atoms with Gasteiger partial charge in [-0.1, -0.05) is 18.6 Å². The van der Waals surface area contributed by atoms with E-state index in [1.165, 1.54) is 37.7 Å². The molecule has 1 aromatic rings. The normalized spacial score (nSPS) is 19.9. The average Bonchev–Trinajstić information content (AvgIpc) is 2.76. The lowest BCUT2D eigenvalue weighted by Gasteiger charge is -2.42. The highest BCUT2D eigenvalue weighted by molar-refractivity contribution is 5.79. The van der Waals surface area contributed by atoms with Crippen LogP contribution in [0.4, 0.5) is 0 Å². The number of aliphatic imine (C=N–C) groups is 1. The van der Waals surface area contributed by atoms with Crippen LogP contribution in [0.15, 0.2) is 29.3 Å². The van der Waals surface area contributed by atoms with Crippen LogP contribution in [0.25, 0.3) is 0 Å². The first kappa shape index (κ1) is 22.9. The van der Waals surface area contributed by atoms with E-state index in [1.54, 1.807) is 14.2 Å². The summed E-state index contributed by atoms with van der Waals surface area (Å²) in [6.45, 7) is 6.19. The van der Waals surface area contributed by atoms with Gasteiger partial charge in [0.2, 0.25) is 0 Å². The lowest BCUT2D eigenvalue weighted by atomic mass is 9.67. The van der Waals surface area contributed by atoms with Gasteiger partial charge in [0, 0.05) is 40.4 Å². The maximum atomic E-state index is 5.31. The monoisotopic (exact) mass is 416 g/mol. The molecular formula is C24H40N4O2. The van der Waals surface area contributed by atoms with E-state index in [2.05, 4.69) is 32.7 Å². The molecule has 1 aromatic carbocycles. The standard InChI is InChI=1S/C24H40N4O2/c1-25-23(27-19-24(11-4-12-24)13-16-29-2)26-17-20-9-14-28(15-10-20)18-21-5-7-22(30-3)8-6-21/h5-8,20H,4,9-19H2,1-3H3,(H2,25,26,27). The zero-order valence-electron chi connectivity index (χ0n) is 19.1. The van der Waals surface area contributed by atoms with Gasteiger partial charge in [0.15, 0.2) is 5.96 Å². The van der Waals surface area contributed by atoms with Gasteiger partial charge in [-0.3, -0.25) is 9.89 Å². The fourth-order valence-electron chi connectivity index (χ4n) is 4.58. The summed E-state index contributed by atoms with van der Waals surface area (Å²) in [6, 6.07) is 8.44. The second-order valence-corrected chi connectivity index (χ2v) is 8.97. The number of nitrogens with one attached hydrogen (secondary N) is 2. The SMILES string of the molecule is CN=C(NCC1CCN(Cc2ccc(OC)cc2)CC1)NCC1(CCOC)CCC1. The second kappa shape index (κ2) is 11.6. The molecule has 1 saturated carbocycles. The molecule has 0 amide bonds. The number of hydrogen-bond acceptors (Lipinski definition) is 4. The lowest BCUT2D eigenvalue weighted by Crippen LogP contribution is -2.48. The van der Waals surface area contributed by atoms with Crippen LogP contribution >= 0.6 is 0 Å². The van der Waals surface area contributed by atoms with Crippen LogP contribution in [0, 0.1) is 11.3 Å². The van der Waals surface area contributed by atoms with Crippen molar-refractivity contribution in [1.82, 2.24) is 15.5 Å². The number of piperidine rings is 1. The van der Waals surface area contributed by atoms with Crippen molar-refractivity contribution < 1.29 is 9.47 Å². The fourth-order valence-corrected chi connectivity index (χ4v) is 4.58. The van der Waals surface area contributed by atoms with Gasteiger partial charge >= 0.3 is 0 Å². The van der Waals surface area contributed by atoms with Gasteiger partial charge in [-0.15, -0.1) is 0 Å². The number of benzene rings is 1. The summed E-state index contributed by atoms with van der Waals surface area (Å²) >= 11 is 0. The molecule has 6 nitrogen and oxygen atoms in total. The molecule has 168 valence electrons. The van der Waals surface area contributed by atoms with Crippen LogP contribution in [0.1, 0.15) is 44.1 Å². The topological polar surface area (TPSA) is 58.1 Å². The van der Waals surface area contributed by atoms with Crippen LogP contribution in [0.5, 0.6) is 5.75 Å². The number of hydrogen-bond donors (Lipinski definition) is 2. The molecule has 6 heteroatoms. The Bertz CT molecular complexity index is 650. The molecule has 1 aliphatic carbocycles. The van der Waals surface area contributed by atoms with Crippen molar-refractivity contribution in [2.24, 2.45) is 16.3 Å². The third-order valence-corrected chi connectivity index (χ3v) is 6.94.